The van der Waals surface area contributed by atoms with Crippen LogP contribution in [0.15, 0.2) is 48.5 Å². The lowest BCUT2D eigenvalue weighted by Gasteiger charge is -2.30. The van der Waals surface area contributed by atoms with Crippen molar-refractivity contribution in [3.05, 3.63) is 69.8 Å². The molecule has 126 valence electrons. The van der Waals surface area contributed by atoms with Crippen molar-refractivity contribution in [2.24, 2.45) is 0 Å². The molecule has 1 N–H and O–H groups in total. The molecule has 2 aromatic carbocycles. The van der Waals surface area contributed by atoms with Gasteiger partial charge in [0.1, 0.15) is 18.5 Å². The number of nitro benzene ring substituents is 1. The lowest BCUT2D eigenvalue weighted by atomic mass is 9.97. The largest absolute Gasteiger partial charge is 0.491 e. The van der Waals surface area contributed by atoms with Crippen LogP contribution in [0.2, 0.25) is 0 Å². The van der Waals surface area contributed by atoms with Crippen LogP contribution in [0.25, 0.3) is 0 Å². The van der Waals surface area contributed by atoms with Crippen LogP contribution < -0.4 is 4.74 Å². The van der Waals surface area contributed by atoms with Crippen LogP contribution >= 0.6 is 0 Å². The maximum atomic E-state index is 11.1. The molecule has 1 aliphatic heterocycles. The molecule has 1 aliphatic rings. The molecule has 0 bridgehead atoms. The van der Waals surface area contributed by atoms with Crippen LogP contribution in [0.1, 0.15) is 11.1 Å². The van der Waals surface area contributed by atoms with Crippen LogP contribution in [0.5, 0.6) is 5.75 Å². The van der Waals surface area contributed by atoms with E-state index in [1.807, 2.05) is 36.4 Å². The molecule has 0 spiro atoms. The summed E-state index contributed by atoms with van der Waals surface area (Å²) >= 11 is 0. The van der Waals surface area contributed by atoms with E-state index in [-0.39, 0.29) is 17.2 Å². The van der Waals surface area contributed by atoms with Gasteiger partial charge >= 0.3 is 0 Å². The number of aliphatic hydroxyl groups excluding tert-OH is 1. The van der Waals surface area contributed by atoms with Crippen molar-refractivity contribution in [3.8, 4) is 5.75 Å². The van der Waals surface area contributed by atoms with Crippen molar-refractivity contribution in [2.75, 3.05) is 19.7 Å². The van der Waals surface area contributed by atoms with Crippen LogP contribution in [-0.4, -0.2) is 40.7 Å². The number of aliphatic hydroxyl groups is 1. The summed E-state index contributed by atoms with van der Waals surface area (Å²) in [5.41, 5.74) is 1.97. The summed E-state index contributed by atoms with van der Waals surface area (Å²) in [4.78, 5) is 12.9. The van der Waals surface area contributed by atoms with E-state index in [1.165, 1.54) is 0 Å². The van der Waals surface area contributed by atoms with Gasteiger partial charge in [0.25, 0.3) is 5.69 Å². The molecule has 1 unspecified atom stereocenters. The molecule has 2 aromatic rings. The summed E-state index contributed by atoms with van der Waals surface area (Å²) in [6.07, 6.45) is 0.0177. The normalized spacial score (nSPS) is 15.5. The number of ether oxygens (including phenoxy) is 1. The van der Waals surface area contributed by atoms with E-state index < -0.39 is 6.10 Å². The minimum atomic E-state index is -0.606. The zero-order chi connectivity index (χ0) is 16.9. The molecule has 0 fully saturated rings. The summed E-state index contributed by atoms with van der Waals surface area (Å²) in [5.74, 6) is 0.733. The van der Waals surface area contributed by atoms with Crippen molar-refractivity contribution in [1.82, 2.24) is 4.90 Å². The molecule has 0 saturated heterocycles. The number of fused-ring (bicyclic) bond motifs is 1. The first-order chi connectivity index (χ1) is 11.6. The first-order valence-corrected chi connectivity index (χ1v) is 7.97. The molecule has 24 heavy (non-hydrogen) atoms. The van der Waals surface area contributed by atoms with Gasteiger partial charge in [-0.25, -0.2) is 0 Å². The van der Waals surface area contributed by atoms with Gasteiger partial charge in [-0.2, -0.15) is 0 Å². The van der Waals surface area contributed by atoms with Crippen molar-refractivity contribution in [2.45, 2.75) is 19.1 Å². The first-order valence-electron chi connectivity index (χ1n) is 7.97. The Balaban J connectivity index is 1.56. The summed E-state index contributed by atoms with van der Waals surface area (Å²) in [7, 11) is 0. The Morgan fingerprint density at radius 1 is 1.21 bits per heavy atom. The van der Waals surface area contributed by atoms with E-state index in [9.17, 15) is 15.2 Å². The number of β-amino-alcohol motifs (C(OH)–C–C–N with tert-alkyl or cyclic N) is 1. The Hall–Kier alpha value is -2.44. The van der Waals surface area contributed by atoms with Gasteiger partial charge in [-0.3, -0.25) is 15.0 Å². The van der Waals surface area contributed by atoms with Crippen molar-refractivity contribution in [1.29, 1.82) is 0 Å². The van der Waals surface area contributed by atoms with Gasteiger partial charge < -0.3 is 9.84 Å². The fraction of sp³-hybridized carbons (Fsp3) is 0.333. The van der Waals surface area contributed by atoms with Gasteiger partial charge in [-0.15, -0.1) is 0 Å². The molecule has 0 amide bonds. The molecular weight excluding hydrogens is 308 g/mol. The van der Waals surface area contributed by atoms with E-state index in [1.54, 1.807) is 12.1 Å². The second-order valence-electron chi connectivity index (χ2n) is 5.93. The second kappa shape index (κ2) is 7.42. The van der Waals surface area contributed by atoms with E-state index in [4.69, 9.17) is 4.74 Å². The molecule has 0 aliphatic carbocycles. The third kappa shape index (κ3) is 3.90. The first kappa shape index (κ1) is 16.4. The second-order valence-corrected chi connectivity index (χ2v) is 5.93. The summed E-state index contributed by atoms with van der Waals surface area (Å²) in [5, 5.41) is 21.3. The predicted octanol–water partition coefficient (Wildman–Crippen LogP) is 2.39. The highest BCUT2D eigenvalue weighted by Crippen LogP contribution is 2.27. The predicted molar refractivity (Wildman–Crippen MR) is 90.0 cm³/mol. The number of benzene rings is 2. The van der Waals surface area contributed by atoms with Crippen LogP contribution in [0.4, 0.5) is 5.69 Å². The SMILES string of the molecule is O=[N+]([O-])c1cccc2c1CCN(CC(O)COc1ccccc1)C2. The summed E-state index contributed by atoms with van der Waals surface area (Å²) < 4.78 is 5.56. The van der Waals surface area contributed by atoms with Crippen molar-refractivity contribution < 1.29 is 14.8 Å². The standard InChI is InChI=1S/C18H20N2O4/c21-15(13-24-16-6-2-1-3-7-16)12-19-10-9-17-14(11-19)5-4-8-18(17)20(22)23/h1-8,15,21H,9-13H2. The van der Waals surface area contributed by atoms with Gasteiger partial charge in [0.2, 0.25) is 0 Å². The smallest absolute Gasteiger partial charge is 0.272 e. The van der Waals surface area contributed by atoms with Crippen molar-refractivity contribution in [3.63, 3.8) is 0 Å². The molecule has 1 atom stereocenters. The molecule has 1 heterocycles. The summed E-state index contributed by atoms with van der Waals surface area (Å²) in [6.45, 7) is 2.01. The number of hydrogen-bond donors (Lipinski definition) is 1. The molecule has 0 radical (unpaired) electrons. The maximum absolute atomic E-state index is 11.1. The molecule has 0 aromatic heterocycles. The van der Waals surface area contributed by atoms with E-state index in [0.717, 1.165) is 16.9 Å². The Labute approximate surface area is 140 Å². The molecule has 6 heteroatoms. The van der Waals surface area contributed by atoms with Gasteiger partial charge in [-0.05, 0) is 24.1 Å². The zero-order valence-electron chi connectivity index (χ0n) is 13.3. The topological polar surface area (TPSA) is 75.8 Å². The quantitative estimate of drug-likeness (QED) is 0.651. The average Bonchev–Trinajstić information content (AvgIpc) is 2.60. The third-order valence-corrected chi connectivity index (χ3v) is 4.17. The van der Waals surface area contributed by atoms with E-state index in [0.29, 0.717) is 26.1 Å². The number of nitrogens with zero attached hydrogens (tertiary/aromatic N) is 2. The van der Waals surface area contributed by atoms with Crippen LogP contribution in [-0.2, 0) is 13.0 Å². The zero-order valence-corrected chi connectivity index (χ0v) is 13.3. The van der Waals surface area contributed by atoms with Gasteiger partial charge in [0, 0.05) is 31.3 Å². The molecule has 6 nitrogen and oxygen atoms in total. The number of rotatable bonds is 6. The number of hydrogen-bond acceptors (Lipinski definition) is 5. The lowest BCUT2D eigenvalue weighted by Crippen LogP contribution is -2.39. The lowest BCUT2D eigenvalue weighted by molar-refractivity contribution is -0.385. The fourth-order valence-corrected chi connectivity index (χ4v) is 3.03. The van der Waals surface area contributed by atoms with Gasteiger partial charge in [0.15, 0.2) is 0 Å². The highest BCUT2D eigenvalue weighted by molar-refractivity contribution is 5.46. The highest BCUT2D eigenvalue weighted by Gasteiger charge is 2.24. The minimum Gasteiger partial charge on any atom is -0.491 e. The Kier molecular flexibility index (Phi) is 5.08. The monoisotopic (exact) mass is 328 g/mol. The summed E-state index contributed by atoms with van der Waals surface area (Å²) in [6, 6.07) is 14.6. The fourth-order valence-electron chi connectivity index (χ4n) is 3.03. The minimum absolute atomic E-state index is 0.195. The Morgan fingerprint density at radius 2 is 2.00 bits per heavy atom. The maximum Gasteiger partial charge on any atom is 0.272 e. The molecule has 0 saturated carbocycles. The Morgan fingerprint density at radius 3 is 2.75 bits per heavy atom. The van der Waals surface area contributed by atoms with Crippen molar-refractivity contribution >= 4 is 5.69 Å². The van der Waals surface area contributed by atoms with Crippen LogP contribution in [0, 0.1) is 10.1 Å². The number of para-hydroxylation sites is 1. The van der Waals surface area contributed by atoms with E-state index >= 15 is 0 Å². The average molecular weight is 328 g/mol. The third-order valence-electron chi connectivity index (χ3n) is 4.17. The van der Waals surface area contributed by atoms with E-state index in [2.05, 4.69) is 4.90 Å². The highest BCUT2D eigenvalue weighted by atomic mass is 16.6. The molecule has 3 rings (SSSR count). The molecular formula is C18H20N2O4. The Bertz CT molecular complexity index is 705. The van der Waals surface area contributed by atoms with Gasteiger partial charge in [-0.1, -0.05) is 30.3 Å². The van der Waals surface area contributed by atoms with Crippen LogP contribution in [0.3, 0.4) is 0 Å². The van der Waals surface area contributed by atoms with Gasteiger partial charge in [0.05, 0.1) is 4.92 Å². The number of nitro groups is 1.